The molecular weight excluding hydrogens is 550 g/mol. The third-order valence-electron chi connectivity index (χ3n) is 8.35. The smallest absolute Gasteiger partial charge is 0.423 e. The molecule has 3 aromatic rings. The molecule has 2 aliphatic heterocycles. The Labute approximate surface area is 229 Å². The fourth-order valence-corrected chi connectivity index (χ4v) is 6.36. The van der Waals surface area contributed by atoms with Crippen LogP contribution in [0.25, 0.3) is 22.3 Å². The number of halogens is 4. The number of pyridine rings is 2. The molecule has 6 rings (SSSR count). The van der Waals surface area contributed by atoms with E-state index in [-0.39, 0.29) is 60.4 Å². The van der Waals surface area contributed by atoms with Gasteiger partial charge in [-0.3, -0.25) is 9.59 Å². The number of carbonyl (C=O) groups excluding carboxylic acids is 2. The number of amides is 1. The predicted octanol–water partition coefficient (Wildman–Crippen LogP) is 2.94. The van der Waals surface area contributed by atoms with Gasteiger partial charge in [0.1, 0.15) is 12.4 Å². The lowest BCUT2D eigenvalue weighted by molar-refractivity contribution is -0.205. The molecule has 0 fully saturated rings. The zero-order chi connectivity index (χ0) is 29.6. The second-order valence-corrected chi connectivity index (χ2v) is 10.8. The summed E-state index contributed by atoms with van der Waals surface area (Å²) in [5.74, 6) is -3.06. The van der Waals surface area contributed by atoms with E-state index in [0.717, 1.165) is 0 Å². The van der Waals surface area contributed by atoms with E-state index in [9.17, 15) is 42.2 Å². The van der Waals surface area contributed by atoms with Crippen molar-refractivity contribution < 1.29 is 42.1 Å². The fourth-order valence-electron chi connectivity index (χ4n) is 6.36. The first kappa shape index (κ1) is 27.3. The molecule has 1 aromatic carbocycles. The normalized spacial score (nSPS) is 21.7. The van der Waals surface area contributed by atoms with Crippen molar-refractivity contribution in [1.82, 2.24) is 14.9 Å². The summed E-state index contributed by atoms with van der Waals surface area (Å²) in [5, 5.41) is 23.6. The lowest BCUT2D eigenvalue weighted by atomic mass is 9.81. The van der Waals surface area contributed by atoms with E-state index < -0.39 is 47.2 Å². The average molecular weight is 576 g/mol. The SMILES string of the molecule is CCC[C@@]1(O)C(=O)OCc2c1cc1n(c2=O)Cc2c-1nc1cc(F)c(C)c3c1c2[C@@H](NC(=O)[C@H](O)C(F)(F)F)CC3. The molecule has 216 valence electrons. The van der Waals surface area contributed by atoms with Gasteiger partial charge in [-0.15, -0.1) is 0 Å². The standard InChI is InChI=1S/C28H25F4N3O6/c1-3-6-27(40)15-7-19-22-13(9-35(19)25(38)14(15)10-41-26(27)39)21-17(34-24(37)23(36)28(30,31)32)5-4-12-11(2)16(29)8-18(33-22)20(12)21/h7-8,17,23,36,40H,3-6,9-10H2,1-2H3,(H,34,37)/t17-,23-,27-/m0/s1. The van der Waals surface area contributed by atoms with Crippen LogP contribution in [0, 0.1) is 12.7 Å². The molecule has 1 aliphatic carbocycles. The molecule has 41 heavy (non-hydrogen) atoms. The summed E-state index contributed by atoms with van der Waals surface area (Å²) in [4.78, 5) is 43.4. The number of hydrogen-bond donors (Lipinski definition) is 3. The van der Waals surface area contributed by atoms with E-state index >= 15 is 0 Å². The first-order valence-electron chi connectivity index (χ1n) is 13.1. The molecule has 4 heterocycles. The lowest BCUT2D eigenvalue weighted by Crippen LogP contribution is -2.46. The Morgan fingerprint density at radius 1 is 1.27 bits per heavy atom. The zero-order valence-corrected chi connectivity index (χ0v) is 22.0. The topological polar surface area (TPSA) is 131 Å². The van der Waals surface area contributed by atoms with E-state index in [1.165, 1.54) is 16.7 Å². The number of fused-ring (bicyclic) bond motifs is 5. The Kier molecular flexibility index (Phi) is 6.05. The maximum absolute atomic E-state index is 15.0. The highest BCUT2D eigenvalue weighted by Gasteiger charge is 2.47. The number of esters is 1. The van der Waals surface area contributed by atoms with Gasteiger partial charge in [-0.05, 0) is 48.9 Å². The summed E-state index contributed by atoms with van der Waals surface area (Å²) in [6.45, 7) is 2.91. The van der Waals surface area contributed by atoms with Crippen molar-refractivity contribution in [2.24, 2.45) is 0 Å². The summed E-state index contributed by atoms with van der Waals surface area (Å²) in [7, 11) is 0. The number of carbonyl (C=O) groups is 2. The Bertz CT molecular complexity index is 1730. The maximum Gasteiger partial charge on any atom is 0.423 e. The number of aryl methyl sites for hydroxylation is 1. The Balaban J connectivity index is 1.59. The number of cyclic esters (lactones) is 1. The van der Waals surface area contributed by atoms with Crippen molar-refractivity contribution in [3.8, 4) is 11.4 Å². The van der Waals surface area contributed by atoms with E-state index in [1.807, 2.05) is 0 Å². The number of benzene rings is 1. The number of hydrogen-bond acceptors (Lipinski definition) is 7. The number of aromatic nitrogens is 2. The molecule has 0 bridgehead atoms. The molecule has 3 N–H and O–H groups in total. The third kappa shape index (κ3) is 3.89. The van der Waals surface area contributed by atoms with Crippen LogP contribution in [0.2, 0.25) is 0 Å². The van der Waals surface area contributed by atoms with E-state index in [2.05, 4.69) is 10.3 Å². The van der Waals surface area contributed by atoms with Gasteiger partial charge >= 0.3 is 12.1 Å². The number of aliphatic hydroxyl groups is 2. The largest absolute Gasteiger partial charge is 0.458 e. The first-order chi connectivity index (χ1) is 19.3. The molecule has 0 saturated heterocycles. The van der Waals surface area contributed by atoms with Gasteiger partial charge in [-0.25, -0.2) is 14.2 Å². The monoisotopic (exact) mass is 575 g/mol. The molecule has 0 unspecified atom stereocenters. The van der Waals surface area contributed by atoms with E-state index in [4.69, 9.17) is 4.74 Å². The summed E-state index contributed by atoms with van der Waals surface area (Å²) in [6, 6.07) is 1.67. The third-order valence-corrected chi connectivity index (χ3v) is 8.35. The highest BCUT2D eigenvalue weighted by atomic mass is 19.4. The van der Waals surface area contributed by atoms with Crippen LogP contribution in [0.15, 0.2) is 16.9 Å². The number of nitrogens with zero attached hydrogens (tertiary/aromatic N) is 2. The highest BCUT2D eigenvalue weighted by Crippen LogP contribution is 2.46. The van der Waals surface area contributed by atoms with Crippen LogP contribution in [0.4, 0.5) is 17.6 Å². The summed E-state index contributed by atoms with van der Waals surface area (Å²) >= 11 is 0. The van der Waals surface area contributed by atoms with Crippen molar-refractivity contribution >= 4 is 22.8 Å². The second-order valence-electron chi connectivity index (χ2n) is 10.8. The van der Waals surface area contributed by atoms with Gasteiger partial charge in [-0.1, -0.05) is 13.3 Å². The van der Waals surface area contributed by atoms with Crippen molar-refractivity contribution in [1.29, 1.82) is 0 Å². The van der Waals surface area contributed by atoms with Gasteiger partial charge in [0, 0.05) is 22.6 Å². The van der Waals surface area contributed by atoms with Gasteiger partial charge in [0.25, 0.3) is 11.5 Å². The Morgan fingerprint density at radius 2 is 2.00 bits per heavy atom. The van der Waals surface area contributed by atoms with Gasteiger partial charge in [0.15, 0.2) is 5.60 Å². The average Bonchev–Trinajstić information content (AvgIpc) is 3.28. The Hall–Kier alpha value is -3.84. The van der Waals surface area contributed by atoms with Crippen LogP contribution < -0.4 is 10.9 Å². The van der Waals surface area contributed by atoms with Gasteiger partial charge < -0.3 is 24.8 Å². The number of aliphatic hydroxyl groups excluding tert-OH is 1. The van der Waals surface area contributed by atoms with Crippen LogP contribution in [0.3, 0.4) is 0 Å². The zero-order valence-electron chi connectivity index (χ0n) is 22.0. The van der Waals surface area contributed by atoms with Crippen molar-refractivity contribution in [2.45, 2.75) is 76.6 Å². The summed E-state index contributed by atoms with van der Waals surface area (Å²) in [6.07, 6.45) is -7.69. The molecule has 13 heteroatoms. The molecule has 2 aromatic heterocycles. The van der Waals surface area contributed by atoms with Crippen molar-refractivity contribution in [3.05, 3.63) is 61.7 Å². The minimum absolute atomic E-state index is 0.00549. The lowest BCUT2D eigenvalue weighted by Gasteiger charge is -2.32. The highest BCUT2D eigenvalue weighted by molar-refractivity contribution is 5.94. The van der Waals surface area contributed by atoms with Gasteiger partial charge in [0.2, 0.25) is 6.10 Å². The van der Waals surface area contributed by atoms with Crippen molar-refractivity contribution in [3.63, 3.8) is 0 Å². The van der Waals surface area contributed by atoms with Crippen LogP contribution in [-0.4, -0.2) is 43.9 Å². The number of ether oxygens (including phenoxy) is 1. The minimum atomic E-state index is -5.18. The van der Waals surface area contributed by atoms with Gasteiger partial charge in [0.05, 0.1) is 35.1 Å². The Morgan fingerprint density at radius 3 is 2.68 bits per heavy atom. The quantitative estimate of drug-likeness (QED) is 0.252. The molecule has 0 radical (unpaired) electrons. The van der Waals surface area contributed by atoms with E-state index in [1.54, 1.807) is 13.8 Å². The molecule has 3 atom stereocenters. The number of rotatable bonds is 4. The molecule has 0 spiro atoms. The van der Waals surface area contributed by atoms with Crippen LogP contribution in [0.1, 0.15) is 65.6 Å². The first-order valence-corrected chi connectivity index (χ1v) is 13.1. The molecule has 1 amide bonds. The van der Waals surface area contributed by atoms with Crippen LogP contribution in [-0.2, 0) is 39.5 Å². The van der Waals surface area contributed by atoms with Crippen molar-refractivity contribution in [2.75, 3.05) is 0 Å². The predicted molar refractivity (Wildman–Crippen MR) is 135 cm³/mol. The fraction of sp³-hybridized carbons (Fsp3) is 0.429. The number of nitrogens with one attached hydrogen (secondary N) is 1. The molecule has 9 nitrogen and oxygen atoms in total. The number of alkyl halides is 3. The molecule has 0 saturated carbocycles. The summed E-state index contributed by atoms with van der Waals surface area (Å²) in [5.41, 5.74) is -0.0524. The summed E-state index contributed by atoms with van der Waals surface area (Å²) < 4.78 is 60.8. The minimum Gasteiger partial charge on any atom is -0.458 e. The molecular formula is C28H25F4N3O6. The second kappa shape index (κ2) is 9.08. The van der Waals surface area contributed by atoms with Gasteiger partial charge in [-0.2, -0.15) is 13.2 Å². The van der Waals surface area contributed by atoms with Crippen LogP contribution >= 0.6 is 0 Å². The maximum atomic E-state index is 15.0. The van der Waals surface area contributed by atoms with Crippen LogP contribution in [0.5, 0.6) is 0 Å². The van der Waals surface area contributed by atoms with E-state index in [0.29, 0.717) is 34.1 Å². The molecule has 3 aliphatic rings.